The van der Waals surface area contributed by atoms with Gasteiger partial charge in [0, 0.05) is 18.2 Å². The second kappa shape index (κ2) is 9.31. The number of hydrogen-bond acceptors (Lipinski definition) is 4. The Morgan fingerprint density at radius 3 is 2.56 bits per heavy atom. The number of methoxy groups -OCH3 is 2. The zero-order chi connectivity index (χ0) is 19.1. The lowest BCUT2D eigenvalue weighted by atomic mass is 10.1. The molecule has 1 aliphatic carbocycles. The third kappa shape index (κ3) is 5.39. The highest BCUT2D eigenvalue weighted by Gasteiger charge is 2.16. The van der Waals surface area contributed by atoms with E-state index in [-0.39, 0.29) is 5.91 Å². The first-order valence-corrected chi connectivity index (χ1v) is 9.45. The van der Waals surface area contributed by atoms with Crippen molar-refractivity contribution in [1.82, 2.24) is 0 Å². The van der Waals surface area contributed by atoms with Gasteiger partial charge in [-0.1, -0.05) is 12.1 Å². The summed E-state index contributed by atoms with van der Waals surface area (Å²) in [5, 5.41) is 2.91. The van der Waals surface area contributed by atoms with E-state index < -0.39 is 0 Å². The topological polar surface area (TPSA) is 56.8 Å². The maximum atomic E-state index is 12.3. The molecule has 5 nitrogen and oxygen atoms in total. The molecule has 1 aliphatic rings. The first-order chi connectivity index (χ1) is 13.2. The zero-order valence-electron chi connectivity index (χ0n) is 16.0. The Bertz CT molecular complexity index is 769. The Morgan fingerprint density at radius 2 is 1.81 bits per heavy atom. The molecule has 5 heteroatoms. The number of hydrogen-bond donors (Lipinski definition) is 1. The van der Waals surface area contributed by atoms with Crippen molar-refractivity contribution in [3.8, 4) is 17.2 Å². The number of ether oxygens (including phenoxy) is 3. The minimum Gasteiger partial charge on any atom is -0.493 e. The molecular formula is C22H27NO4. The van der Waals surface area contributed by atoms with Gasteiger partial charge in [0.1, 0.15) is 5.75 Å². The molecule has 0 unspecified atom stereocenters. The first kappa shape index (κ1) is 19.1. The van der Waals surface area contributed by atoms with Crippen molar-refractivity contribution < 1.29 is 19.0 Å². The number of rotatable bonds is 8. The molecule has 1 N–H and O–H groups in total. The van der Waals surface area contributed by atoms with E-state index in [0.29, 0.717) is 36.1 Å². The molecule has 3 rings (SSSR count). The van der Waals surface area contributed by atoms with Gasteiger partial charge in [0.2, 0.25) is 5.91 Å². The molecule has 1 fully saturated rings. The third-order valence-electron chi connectivity index (χ3n) is 4.81. The van der Waals surface area contributed by atoms with Crippen molar-refractivity contribution in [3.05, 3.63) is 48.0 Å². The third-order valence-corrected chi connectivity index (χ3v) is 4.81. The molecular weight excluding hydrogens is 342 g/mol. The predicted octanol–water partition coefficient (Wildman–Crippen LogP) is 4.60. The van der Waals surface area contributed by atoms with Crippen LogP contribution in [0.3, 0.4) is 0 Å². The Balaban J connectivity index is 1.53. The van der Waals surface area contributed by atoms with Gasteiger partial charge in [0.05, 0.1) is 20.3 Å². The Labute approximate surface area is 160 Å². The van der Waals surface area contributed by atoms with E-state index in [0.717, 1.165) is 24.2 Å². The molecule has 0 aromatic heterocycles. The zero-order valence-corrected chi connectivity index (χ0v) is 16.0. The van der Waals surface area contributed by atoms with E-state index in [1.165, 1.54) is 12.8 Å². The van der Waals surface area contributed by atoms with Crippen molar-refractivity contribution in [2.24, 2.45) is 0 Å². The monoisotopic (exact) mass is 369 g/mol. The van der Waals surface area contributed by atoms with Gasteiger partial charge in [-0.3, -0.25) is 4.79 Å². The molecule has 1 amide bonds. The number of amides is 1. The van der Waals surface area contributed by atoms with Gasteiger partial charge < -0.3 is 19.5 Å². The number of nitrogens with one attached hydrogen (secondary N) is 1. The lowest BCUT2D eigenvalue weighted by molar-refractivity contribution is -0.116. The molecule has 2 aromatic carbocycles. The number of anilines is 1. The van der Waals surface area contributed by atoms with Crippen molar-refractivity contribution >= 4 is 11.6 Å². The summed E-state index contributed by atoms with van der Waals surface area (Å²) in [6.07, 6.45) is 6.19. The van der Waals surface area contributed by atoms with Crippen molar-refractivity contribution in [1.29, 1.82) is 0 Å². The van der Waals surface area contributed by atoms with Gasteiger partial charge in [-0.05, 0) is 61.9 Å². The first-order valence-electron chi connectivity index (χ1n) is 9.45. The second-order valence-electron chi connectivity index (χ2n) is 6.79. The molecule has 0 saturated heterocycles. The highest BCUT2D eigenvalue weighted by molar-refractivity contribution is 5.91. The fourth-order valence-electron chi connectivity index (χ4n) is 3.37. The second-order valence-corrected chi connectivity index (χ2v) is 6.79. The molecule has 0 heterocycles. The quantitative estimate of drug-likeness (QED) is 0.739. The Hall–Kier alpha value is -2.69. The van der Waals surface area contributed by atoms with Gasteiger partial charge in [0.15, 0.2) is 11.5 Å². The summed E-state index contributed by atoms with van der Waals surface area (Å²) in [6, 6.07) is 13.4. The minimum absolute atomic E-state index is 0.0377. The SMILES string of the molecule is COc1ccc(NC(=O)CCc2cccc(OC3CCCC3)c2)cc1OC. The van der Waals surface area contributed by atoms with Crippen LogP contribution in [0.15, 0.2) is 42.5 Å². The average molecular weight is 369 g/mol. The van der Waals surface area contributed by atoms with Gasteiger partial charge in [-0.25, -0.2) is 0 Å². The Kier molecular flexibility index (Phi) is 6.58. The number of carbonyl (C=O) groups excluding carboxylic acids is 1. The standard InChI is InChI=1S/C22H27NO4/c1-25-20-12-11-17(15-21(20)26-2)23-22(24)13-10-16-6-5-9-19(14-16)27-18-7-3-4-8-18/h5-6,9,11-12,14-15,18H,3-4,7-8,10,13H2,1-2H3,(H,23,24). The molecule has 27 heavy (non-hydrogen) atoms. The lowest BCUT2D eigenvalue weighted by Crippen LogP contribution is -2.13. The van der Waals surface area contributed by atoms with Crippen LogP contribution in [0.2, 0.25) is 0 Å². The molecule has 144 valence electrons. The summed E-state index contributed by atoms with van der Waals surface area (Å²) in [5.41, 5.74) is 1.80. The average Bonchev–Trinajstić information content (AvgIpc) is 3.19. The fourth-order valence-corrected chi connectivity index (χ4v) is 3.37. The van der Waals surface area contributed by atoms with Crippen LogP contribution in [0.1, 0.15) is 37.7 Å². The molecule has 2 aromatic rings. The van der Waals surface area contributed by atoms with Crippen molar-refractivity contribution in [3.63, 3.8) is 0 Å². The summed E-state index contributed by atoms with van der Waals surface area (Å²) >= 11 is 0. The van der Waals surface area contributed by atoms with Gasteiger partial charge in [-0.2, -0.15) is 0 Å². The van der Waals surface area contributed by atoms with Crippen LogP contribution >= 0.6 is 0 Å². The summed E-state index contributed by atoms with van der Waals surface area (Å²) < 4.78 is 16.5. The summed E-state index contributed by atoms with van der Waals surface area (Å²) in [4.78, 5) is 12.3. The summed E-state index contributed by atoms with van der Waals surface area (Å²) in [5.74, 6) is 2.09. The lowest BCUT2D eigenvalue weighted by Gasteiger charge is -2.14. The largest absolute Gasteiger partial charge is 0.493 e. The highest BCUT2D eigenvalue weighted by Crippen LogP contribution is 2.30. The highest BCUT2D eigenvalue weighted by atomic mass is 16.5. The van der Waals surface area contributed by atoms with Crippen LogP contribution in [-0.2, 0) is 11.2 Å². The van der Waals surface area contributed by atoms with E-state index in [1.807, 2.05) is 24.3 Å². The van der Waals surface area contributed by atoms with Crippen LogP contribution in [-0.4, -0.2) is 26.2 Å². The summed E-state index contributed by atoms with van der Waals surface area (Å²) in [6.45, 7) is 0. The predicted molar refractivity (Wildman–Crippen MR) is 106 cm³/mol. The minimum atomic E-state index is -0.0377. The molecule has 0 atom stereocenters. The van der Waals surface area contributed by atoms with Crippen molar-refractivity contribution in [2.45, 2.75) is 44.6 Å². The van der Waals surface area contributed by atoms with Crippen LogP contribution in [0.25, 0.3) is 0 Å². The number of aryl methyl sites for hydroxylation is 1. The smallest absolute Gasteiger partial charge is 0.224 e. The van der Waals surface area contributed by atoms with Crippen molar-refractivity contribution in [2.75, 3.05) is 19.5 Å². The number of benzene rings is 2. The maximum absolute atomic E-state index is 12.3. The van der Waals surface area contributed by atoms with Crippen LogP contribution in [0.4, 0.5) is 5.69 Å². The van der Waals surface area contributed by atoms with E-state index in [4.69, 9.17) is 14.2 Å². The van der Waals surface area contributed by atoms with E-state index >= 15 is 0 Å². The van der Waals surface area contributed by atoms with E-state index in [1.54, 1.807) is 32.4 Å². The fraction of sp³-hybridized carbons (Fsp3) is 0.409. The van der Waals surface area contributed by atoms with Gasteiger partial charge in [0.25, 0.3) is 0 Å². The molecule has 1 saturated carbocycles. The van der Waals surface area contributed by atoms with Crippen LogP contribution in [0.5, 0.6) is 17.2 Å². The normalized spacial score (nSPS) is 14.0. The maximum Gasteiger partial charge on any atom is 0.224 e. The molecule has 0 bridgehead atoms. The van der Waals surface area contributed by atoms with Crippen LogP contribution < -0.4 is 19.5 Å². The van der Waals surface area contributed by atoms with Crippen LogP contribution in [0, 0.1) is 0 Å². The molecule has 0 aliphatic heterocycles. The van der Waals surface area contributed by atoms with Gasteiger partial charge in [-0.15, -0.1) is 0 Å². The molecule has 0 radical (unpaired) electrons. The number of carbonyl (C=O) groups is 1. The Morgan fingerprint density at radius 1 is 1.04 bits per heavy atom. The summed E-state index contributed by atoms with van der Waals surface area (Å²) in [7, 11) is 3.16. The molecule has 0 spiro atoms. The van der Waals surface area contributed by atoms with E-state index in [2.05, 4.69) is 5.32 Å². The van der Waals surface area contributed by atoms with Gasteiger partial charge >= 0.3 is 0 Å². The van der Waals surface area contributed by atoms with E-state index in [9.17, 15) is 4.79 Å².